The number of nitrogens with two attached hydrogens (primary N) is 1. The first-order valence-electron chi connectivity index (χ1n) is 9.07. The van der Waals surface area contributed by atoms with E-state index in [1.165, 1.54) is 12.7 Å². The molecule has 0 bridgehead atoms. The van der Waals surface area contributed by atoms with Gasteiger partial charge in [-0.25, -0.2) is 23.8 Å². The van der Waals surface area contributed by atoms with E-state index in [-0.39, 0.29) is 46.4 Å². The van der Waals surface area contributed by atoms with Crippen LogP contribution in [-0.4, -0.2) is 114 Å². The number of hydrogen-bond donors (Lipinski definition) is 9. The van der Waals surface area contributed by atoms with Crippen molar-refractivity contribution in [2.75, 3.05) is 47.6 Å². The molecular formula is C15H35N5O12P2S2. The van der Waals surface area contributed by atoms with Crippen molar-refractivity contribution in [3.8, 4) is 0 Å². The zero-order valence-electron chi connectivity index (χ0n) is 19.9. The fraction of sp³-hybridized carbons (Fsp3) is 0.667. The number of imidazole rings is 1. The van der Waals surface area contributed by atoms with Gasteiger partial charge in [0.25, 0.3) is 0 Å². The predicted molar refractivity (Wildman–Crippen MR) is 138 cm³/mol. The highest BCUT2D eigenvalue weighted by molar-refractivity contribution is 7.95. The van der Waals surface area contributed by atoms with Gasteiger partial charge >= 0.3 is 7.82 Å². The number of anilines is 1. The number of aliphatic hydroxyl groups is 6. The summed E-state index contributed by atoms with van der Waals surface area (Å²) in [6.07, 6.45) is 1.64. The summed E-state index contributed by atoms with van der Waals surface area (Å²) in [5.41, 5.74) is 6.69. The maximum atomic E-state index is 10.1. The van der Waals surface area contributed by atoms with Crippen LogP contribution in [0.5, 0.6) is 0 Å². The Kier molecular flexibility index (Phi) is 30.0. The SMILES string of the molecule is CO.CO.CO.CO.Nc1ncnc2c1ncn2C1O[C@H](COCO)CC1O.O=P(O)(O)OP=S.S. The highest BCUT2D eigenvalue weighted by atomic mass is 32.4. The molecule has 1 saturated heterocycles. The number of aliphatic hydroxyl groups excluding tert-OH is 6. The van der Waals surface area contributed by atoms with Gasteiger partial charge in [-0.15, -0.1) is 0 Å². The van der Waals surface area contributed by atoms with Crippen molar-refractivity contribution < 1.29 is 58.8 Å². The van der Waals surface area contributed by atoms with E-state index in [0.29, 0.717) is 17.6 Å². The quantitative estimate of drug-likeness (QED) is 0.127. The number of rotatable bonds is 6. The Morgan fingerprint density at radius 3 is 2.17 bits per heavy atom. The van der Waals surface area contributed by atoms with Crippen LogP contribution in [0.2, 0.25) is 0 Å². The Labute approximate surface area is 221 Å². The van der Waals surface area contributed by atoms with Crippen LogP contribution in [0.15, 0.2) is 12.7 Å². The smallest absolute Gasteiger partial charge is 0.400 e. The van der Waals surface area contributed by atoms with E-state index in [2.05, 4.69) is 31.1 Å². The van der Waals surface area contributed by atoms with Gasteiger partial charge in [-0.2, -0.15) is 13.5 Å². The highest BCUT2D eigenvalue weighted by Gasteiger charge is 2.36. The number of nitrogen functional groups attached to an aromatic ring is 1. The summed E-state index contributed by atoms with van der Waals surface area (Å²) in [5.74, 6) is 0.279. The zero-order chi connectivity index (χ0) is 28.0. The molecule has 0 amide bonds. The van der Waals surface area contributed by atoms with Gasteiger partial charge in [-0.05, 0) is 11.8 Å². The van der Waals surface area contributed by atoms with Gasteiger partial charge in [0.2, 0.25) is 0 Å². The van der Waals surface area contributed by atoms with E-state index >= 15 is 0 Å². The Bertz CT molecular complexity index is 835. The van der Waals surface area contributed by atoms with E-state index in [1.807, 2.05) is 0 Å². The zero-order valence-corrected chi connectivity index (χ0v) is 23.5. The number of phosphoric acid groups is 1. The lowest BCUT2D eigenvalue weighted by molar-refractivity contribution is -0.0838. The normalized spacial score (nSPS) is 17.7. The van der Waals surface area contributed by atoms with Gasteiger partial charge in [0.15, 0.2) is 17.7 Å². The van der Waals surface area contributed by atoms with E-state index in [0.717, 1.165) is 28.4 Å². The second-order valence-electron chi connectivity index (χ2n) is 5.18. The topological polar surface area (TPSA) is 276 Å². The molecule has 0 aliphatic carbocycles. The summed E-state index contributed by atoms with van der Waals surface area (Å²) in [4.78, 5) is 27.8. The molecule has 0 saturated carbocycles. The lowest BCUT2D eigenvalue weighted by Crippen LogP contribution is -2.19. The molecule has 214 valence electrons. The summed E-state index contributed by atoms with van der Waals surface area (Å²) in [5, 5.41) is 46.7. The van der Waals surface area contributed by atoms with E-state index < -0.39 is 20.2 Å². The van der Waals surface area contributed by atoms with Crippen molar-refractivity contribution in [3.05, 3.63) is 12.7 Å². The van der Waals surface area contributed by atoms with Crippen LogP contribution < -0.4 is 5.73 Å². The minimum atomic E-state index is -4.28. The lowest BCUT2D eigenvalue weighted by atomic mass is 10.2. The molecule has 10 N–H and O–H groups in total. The second-order valence-corrected chi connectivity index (χ2v) is 7.41. The molecule has 3 atom stereocenters. The molecule has 0 aromatic carbocycles. The van der Waals surface area contributed by atoms with Crippen LogP contribution in [0, 0.1) is 0 Å². The van der Waals surface area contributed by atoms with Crippen molar-refractivity contribution >= 4 is 57.7 Å². The van der Waals surface area contributed by atoms with Crippen molar-refractivity contribution in [1.82, 2.24) is 19.5 Å². The average molecular weight is 604 g/mol. The largest absolute Gasteiger partial charge is 0.478 e. The van der Waals surface area contributed by atoms with Gasteiger partial charge in [0.05, 0.1) is 19.0 Å². The van der Waals surface area contributed by atoms with Crippen molar-refractivity contribution in [1.29, 1.82) is 0 Å². The summed E-state index contributed by atoms with van der Waals surface area (Å²) < 4.78 is 25.5. The van der Waals surface area contributed by atoms with E-state index in [9.17, 15) is 9.67 Å². The van der Waals surface area contributed by atoms with Crippen LogP contribution in [0.1, 0.15) is 12.6 Å². The van der Waals surface area contributed by atoms with Crippen molar-refractivity contribution in [3.63, 3.8) is 0 Å². The Balaban J connectivity index is -0.000000272. The third kappa shape index (κ3) is 16.0. The van der Waals surface area contributed by atoms with Gasteiger partial charge in [0.1, 0.15) is 32.3 Å². The molecule has 1 fully saturated rings. The molecular weight excluding hydrogens is 568 g/mol. The Hall–Kier alpha value is -0.990. The minimum absolute atomic E-state index is 0. The molecule has 1 aliphatic rings. The molecule has 3 heterocycles. The van der Waals surface area contributed by atoms with Crippen LogP contribution >= 0.6 is 28.9 Å². The molecule has 17 nitrogen and oxygen atoms in total. The summed E-state index contributed by atoms with van der Waals surface area (Å²) in [6.45, 7) is -0.161. The molecule has 3 rings (SSSR count). The van der Waals surface area contributed by atoms with Gasteiger partial charge < -0.3 is 55.6 Å². The molecule has 2 unspecified atom stereocenters. The second kappa shape index (κ2) is 25.7. The van der Waals surface area contributed by atoms with Crippen molar-refractivity contribution in [2.24, 2.45) is 0 Å². The average Bonchev–Trinajstić information content (AvgIpc) is 3.46. The van der Waals surface area contributed by atoms with Crippen LogP contribution in [0.4, 0.5) is 5.82 Å². The molecule has 21 heteroatoms. The summed E-state index contributed by atoms with van der Waals surface area (Å²) in [6, 6.07) is 0. The lowest BCUT2D eigenvalue weighted by Gasteiger charge is -2.16. The highest BCUT2D eigenvalue weighted by Crippen LogP contribution is 2.40. The standard InChI is InChI=1S/C11H15N5O4.4CH4O.H2O4P2S.H2S/c12-9-8-10(14-3-13-9)16(4-15-8)11-7(18)1-6(20-11)2-19-5-17;4*1-2;1-6(2,3)4-5-7;/h3-4,6-7,11,17-18H,1-2,5H2,(H2,12,13,14);4*2H,1H3;(H2,1,2,3);1H2/t6-,7?,11?;;;;;;/m0....../s1. The van der Waals surface area contributed by atoms with E-state index in [4.69, 9.17) is 50.5 Å². The summed E-state index contributed by atoms with van der Waals surface area (Å²) in [7, 11) is -0.453. The number of nitrogens with zero attached hydrogens (tertiary/aromatic N) is 4. The van der Waals surface area contributed by atoms with Gasteiger partial charge in [-0.3, -0.25) is 4.57 Å². The molecule has 2 aromatic rings. The monoisotopic (exact) mass is 603 g/mol. The third-order valence-corrected chi connectivity index (χ3v) is 5.08. The molecule has 0 radical (unpaired) electrons. The molecule has 2 aromatic heterocycles. The first kappa shape index (κ1) is 42.1. The fourth-order valence-electron chi connectivity index (χ4n) is 2.37. The number of hydrogen-bond acceptors (Lipinski definition) is 15. The van der Waals surface area contributed by atoms with Gasteiger partial charge in [0, 0.05) is 34.9 Å². The molecule has 1 aliphatic heterocycles. The number of fused-ring (bicyclic) bond motifs is 1. The third-order valence-electron chi connectivity index (χ3n) is 3.36. The first-order chi connectivity index (χ1) is 16.8. The number of aromatic nitrogens is 4. The minimum Gasteiger partial charge on any atom is -0.400 e. The number of ether oxygens (including phenoxy) is 2. The Morgan fingerprint density at radius 1 is 1.17 bits per heavy atom. The van der Waals surface area contributed by atoms with Crippen LogP contribution in [0.25, 0.3) is 11.2 Å². The van der Waals surface area contributed by atoms with Crippen LogP contribution in [0.3, 0.4) is 0 Å². The maximum absolute atomic E-state index is 10.1. The van der Waals surface area contributed by atoms with Gasteiger partial charge in [-0.1, -0.05) is 0 Å². The fourth-order valence-corrected chi connectivity index (χ4v) is 3.50. The van der Waals surface area contributed by atoms with E-state index in [1.54, 1.807) is 4.57 Å². The predicted octanol–water partition coefficient (Wildman–Crippen LogP) is -2.01. The summed E-state index contributed by atoms with van der Waals surface area (Å²) >= 11 is 4.06. The maximum Gasteiger partial charge on any atom is 0.478 e. The first-order valence-corrected chi connectivity index (χ1v) is 12.4. The van der Waals surface area contributed by atoms with Crippen LogP contribution in [-0.2, 0) is 30.2 Å². The Morgan fingerprint density at radius 2 is 1.72 bits per heavy atom. The van der Waals surface area contributed by atoms with Crippen molar-refractivity contribution in [2.45, 2.75) is 24.9 Å². The molecule has 0 spiro atoms. The molecule has 36 heavy (non-hydrogen) atoms.